The maximum atomic E-state index is 15.0. The number of carbonyl (C=O) groups is 2. The minimum atomic E-state index is -1.11. The highest BCUT2D eigenvalue weighted by molar-refractivity contribution is 7.14. The molecule has 7 nitrogen and oxygen atoms in total. The molecule has 2 N–H and O–H groups in total. The van der Waals surface area contributed by atoms with Gasteiger partial charge in [-0.2, -0.15) is 0 Å². The summed E-state index contributed by atoms with van der Waals surface area (Å²) in [7, 11) is 1.60. The van der Waals surface area contributed by atoms with E-state index in [9.17, 15) is 14.7 Å². The van der Waals surface area contributed by atoms with Crippen LogP contribution in [0.1, 0.15) is 21.5 Å². The van der Waals surface area contributed by atoms with E-state index in [0.29, 0.717) is 27.8 Å². The Balaban J connectivity index is 1.36. The fraction of sp³-hybridized carbons (Fsp3) is 0.121. The first kappa shape index (κ1) is 28.5. The van der Waals surface area contributed by atoms with Gasteiger partial charge in [0.2, 0.25) is 0 Å². The lowest BCUT2D eigenvalue weighted by Gasteiger charge is -2.23. The Bertz CT molecular complexity index is 1670. The first-order valence-electron chi connectivity index (χ1n) is 13.2. The van der Waals surface area contributed by atoms with E-state index in [0.717, 1.165) is 16.7 Å². The second-order valence-corrected chi connectivity index (χ2v) is 10.3. The molecule has 0 bridgehead atoms. The summed E-state index contributed by atoms with van der Waals surface area (Å²) in [4.78, 5) is 31.3. The summed E-state index contributed by atoms with van der Waals surface area (Å²) >= 11 is 1.39. The number of aromatic nitrogens is 1. The predicted octanol–water partition coefficient (Wildman–Crippen LogP) is 6.72. The number of amides is 1. The number of carbonyl (C=O) groups excluding carboxylic acids is 1. The number of carboxylic acids is 1. The van der Waals surface area contributed by atoms with Crippen molar-refractivity contribution in [2.75, 3.05) is 12.0 Å². The molecule has 0 aliphatic heterocycles. The molecule has 1 atom stereocenters. The molecule has 0 saturated carbocycles. The average Bonchev–Trinajstić information content (AvgIpc) is 3.50. The van der Waals surface area contributed by atoms with E-state index in [2.05, 4.69) is 5.32 Å². The number of benzene rings is 4. The maximum Gasteiger partial charge on any atom is 0.326 e. The Hall–Kier alpha value is -5.02. The largest absolute Gasteiger partial charge is 0.496 e. The molecule has 9 heteroatoms. The van der Waals surface area contributed by atoms with E-state index < -0.39 is 17.9 Å². The maximum absolute atomic E-state index is 15.0. The number of nitrogens with zero attached hydrogens (tertiary/aromatic N) is 2. The number of carboxylic acid groups (broad SMARTS) is 1. The normalized spacial score (nSPS) is 11.5. The number of hydrogen-bond donors (Lipinski definition) is 2. The first-order chi connectivity index (χ1) is 20.4. The monoisotopic (exact) mass is 581 g/mol. The third kappa shape index (κ3) is 6.64. The number of ether oxygens (including phenoxy) is 1. The second-order valence-electron chi connectivity index (χ2n) is 9.50. The van der Waals surface area contributed by atoms with E-state index in [1.807, 2.05) is 60.0 Å². The molecule has 212 valence electrons. The highest BCUT2D eigenvalue weighted by Gasteiger charge is 2.22. The van der Waals surface area contributed by atoms with Crippen LogP contribution in [0.2, 0.25) is 0 Å². The zero-order valence-electron chi connectivity index (χ0n) is 22.7. The van der Waals surface area contributed by atoms with Crippen LogP contribution in [0.5, 0.6) is 5.75 Å². The molecule has 0 saturated heterocycles. The summed E-state index contributed by atoms with van der Waals surface area (Å²) in [5.74, 6) is -1.30. The van der Waals surface area contributed by atoms with Gasteiger partial charge in [-0.25, -0.2) is 14.2 Å². The van der Waals surface area contributed by atoms with Gasteiger partial charge in [0.25, 0.3) is 5.91 Å². The predicted molar refractivity (Wildman–Crippen MR) is 162 cm³/mol. The number of hydrogen-bond acceptors (Lipinski definition) is 6. The lowest BCUT2D eigenvalue weighted by Crippen LogP contribution is -2.42. The molecular weight excluding hydrogens is 553 g/mol. The molecule has 42 heavy (non-hydrogen) atoms. The van der Waals surface area contributed by atoms with Crippen LogP contribution in [0.3, 0.4) is 0 Å². The van der Waals surface area contributed by atoms with Gasteiger partial charge >= 0.3 is 5.97 Å². The zero-order valence-corrected chi connectivity index (χ0v) is 23.6. The number of thiazole rings is 1. The molecule has 0 spiro atoms. The van der Waals surface area contributed by atoms with Crippen LogP contribution in [0.4, 0.5) is 15.2 Å². The van der Waals surface area contributed by atoms with Crippen molar-refractivity contribution in [1.29, 1.82) is 0 Å². The van der Waals surface area contributed by atoms with Gasteiger partial charge in [0.1, 0.15) is 17.6 Å². The summed E-state index contributed by atoms with van der Waals surface area (Å²) < 4.78 is 20.5. The Morgan fingerprint density at radius 2 is 1.62 bits per heavy atom. The summed E-state index contributed by atoms with van der Waals surface area (Å²) in [5.41, 5.74) is 3.85. The number of para-hydroxylation sites is 2. The topological polar surface area (TPSA) is 91.8 Å². The molecule has 0 aliphatic carbocycles. The van der Waals surface area contributed by atoms with E-state index in [1.54, 1.807) is 54.5 Å². The molecule has 0 radical (unpaired) electrons. The number of rotatable bonds is 11. The average molecular weight is 582 g/mol. The van der Waals surface area contributed by atoms with Crippen molar-refractivity contribution in [2.45, 2.75) is 19.0 Å². The van der Waals surface area contributed by atoms with Gasteiger partial charge in [0.05, 0.1) is 25.0 Å². The highest BCUT2D eigenvalue weighted by Crippen LogP contribution is 2.37. The molecule has 1 aromatic heterocycles. The fourth-order valence-corrected chi connectivity index (χ4v) is 5.37. The van der Waals surface area contributed by atoms with Gasteiger partial charge in [-0.1, -0.05) is 66.7 Å². The Kier molecular flexibility index (Phi) is 8.89. The summed E-state index contributed by atoms with van der Waals surface area (Å²) in [5, 5.41) is 14.8. The summed E-state index contributed by atoms with van der Waals surface area (Å²) in [6.45, 7) is 0.285. The Labute approximate surface area is 246 Å². The molecule has 5 rings (SSSR count). The van der Waals surface area contributed by atoms with Crippen LogP contribution in [0.25, 0.3) is 11.3 Å². The third-order valence-electron chi connectivity index (χ3n) is 6.69. The van der Waals surface area contributed by atoms with Crippen LogP contribution in [-0.4, -0.2) is 35.1 Å². The number of halogens is 1. The molecule has 0 fully saturated rings. The fourth-order valence-electron chi connectivity index (χ4n) is 4.53. The number of aliphatic carboxylic acids is 1. The van der Waals surface area contributed by atoms with Gasteiger partial charge in [0, 0.05) is 22.9 Å². The molecule has 0 aliphatic rings. The molecular formula is C33H28FN3O4S. The quantitative estimate of drug-likeness (QED) is 0.180. The van der Waals surface area contributed by atoms with Crippen molar-refractivity contribution >= 4 is 34.0 Å². The smallest absolute Gasteiger partial charge is 0.326 e. The van der Waals surface area contributed by atoms with E-state index in [-0.39, 0.29) is 18.8 Å². The number of nitrogens with one attached hydrogen (secondary N) is 1. The van der Waals surface area contributed by atoms with Crippen LogP contribution in [0.15, 0.2) is 109 Å². The van der Waals surface area contributed by atoms with Crippen molar-refractivity contribution in [2.24, 2.45) is 0 Å². The number of anilines is 2. The molecule has 1 amide bonds. The van der Waals surface area contributed by atoms with E-state index in [4.69, 9.17) is 9.72 Å². The molecule has 4 aromatic carbocycles. The SMILES string of the molecule is COc1ccccc1-c1csc(N(Cc2ccc(C(=O)NC(Cc3ccccc3)C(=O)O)cc2)c2ccccc2F)n1. The minimum Gasteiger partial charge on any atom is -0.496 e. The number of methoxy groups -OCH3 is 1. The Morgan fingerprint density at radius 1 is 0.929 bits per heavy atom. The lowest BCUT2D eigenvalue weighted by molar-refractivity contribution is -0.139. The van der Waals surface area contributed by atoms with Crippen LogP contribution in [0, 0.1) is 5.82 Å². The van der Waals surface area contributed by atoms with Crippen molar-refractivity contribution < 1.29 is 23.8 Å². The van der Waals surface area contributed by atoms with Gasteiger partial charge < -0.3 is 20.1 Å². The highest BCUT2D eigenvalue weighted by atomic mass is 32.1. The van der Waals surface area contributed by atoms with Crippen molar-refractivity contribution in [3.8, 4) is 17.0 Å². The second kappa shape index (κ2) is 13.1. The molecule has 1 heterocycles. The van der Waals surface area contributed by atoms with Gasteiger partial charge in [-0.15, -0.1) is 11.3 Å². The summed E-state index contributed by atoms with van der Waals surface area (Å²) in [6, 6.07) is 28.9. The molecule has 1 unspecified atom stereocenters. The minimum absolute atomic E-state index is 0.169. The van der Waals surface area contributed by atoms with Crippen LogP contribution in [-0.2, 0) is 17.8 Å². The van der Waals surface area contributed by atoms with Crippen molar-refractivity contribution in [1.82, 2.24) is 10.3 Å². The van der Waals surface area contributed by atoms with Crippen molar-refractivity contribution in [3.63, 3.8) is 0 Å². The van der Waals surface area contributed by atoms with Gasteiger partial charge in [-0.05, 0) is 47.5 Å². The van der Waals surface area contributed by atoms with Gasteiger partial charge in [-0.3, -0.25) is 4.79 Å². The lowest BCUT2D eigenvalue weighted by atomic mass is 10.1. The Morgan fingerprint density at radius 3 is 2.33 bits per heavy atom. The van der Waals surface area contributed by atoms with Crippen LogP contribution >= 0.6 is 11.3 Å². The molecule has 5 aromatic rings. The van der Waals surface area contributed by atoms with E-state index in [1.165, 1.54) is 17.4 Å². The van der Waals surface area contributed by atoms with E-state index >= 15 is 4.39 Å². The first-order valence-corrected chi connectivity index (χ1v) is 14.1. The van der Waals surface area contributed by atoms with Gasteiger partial charge in [0.15, 0.2) is 5.13 Å². The zero-order chi connectivity index (χ0) is 29.5. The standard InChI is InChI=1S/C33H28FN3O4S/c1-41-30-14-8-5-11-25(30)28-21-42-33(36-28)37(29-13-7-6-12-26(29)34)20-23-15-17-24(18-16-23)31(38)35-27(32(39)40)19-22-9-3-2-4-10-22/h2-18,21,27H,19-20H2,1H3,(H,35,38)(H,39,40). The van der Waals surface area contributed by atoms with Crippen LogP contribution < -0.4 is 15.0 Å². The van der Waals surface area contributed by atoms with Crippen molar-refractivity contribution in [3.05, 3.63) is 131 Å². The summed E-state index contributed by atoms with van der Waals surface area (Å²) in [6.07, 6.45) is 0.169. The third-order valence-corrected chi connectivity index (χ3v) is 7.56.